The molecule has 0 saturated carbocycles. The Labute approximate surface area is 169 Å². The SMILES string of the molecule is COC(=O)c1cccc2[nH]c(Cl)cc12.O.O=C(O)c1cccc2[nH]c(Cl)cc12. The number of nitrogens with one attached hydrogen (secondary N) is 2. The third-order valence-electron chi connectivity index (χ3n) is 3.90. The molecule has 0 saturated heterocycles. The standard InChI is InChI=1S/C10H8ClNO2.C9H6ClNO2.H2O/c1-14-10(13)6-3-2-4-8-7(6)5-9(11)12-8;10-8-4-6-5(9(12)13)2-1-3-7(6)11-8;/h2-5,12H,1H3;1-4,11H,(H,12,13);1H2. The van der Waals surface area contributed by atoms with Crippen molar-refractivity contribution in [3.63, 3.8) is 0 Å². The molecule has 0 unspecified atom stereocenters. The molecule has 4 aromatic rings. The van der Waals surface area contributed by atoms with Crippen molar-refractivity contribution in [2.45, 2.75) is 0 Å². The maximum Gasteiger partial charge on any atom is 0.338 e. The van der Waals surface area contributed by atoms with Gasteiger partial charge in [0.25, 0.3) is 0 Å². The van der Waals surface area contributed by atoms with Crippen molar-refractivity contribution in [1.82, 2.24) is 9.97 Å². The van der Waals surface area contributed by atoms with Gasteiger partial charge in [-0.1, -0.05) is 35.3 Å². The van der Waals surface area contributed by atoms with E-state index < -0.39 is 5.97 Å². The fraction of sp³-hybridized carbons (Fsp3) is 0.0526. The largest absolute Gasteiger partial charge is 0.478 e. The lowest BCUT2D eigenvalue weighted by molar-refractivity contribution is 0.0602. The van der Waals surface area contributed by atoms with Crippen molar-refractivity contribution in [2.75, 3.05) is 7.11 Å². The first-order valence-electron chi connectivity index (χ1n) is 7.76. The van der Waals surface area contributed by atoms with Crippen molar-refractivity contribution in [3.8, 4) is 0 Å². The number of aromatic carboxylic acids is 1. The lowest BCUT2D eigenvalue weighted by Gasteiger charge is -1.99. The van der Waals surface area contributed by atoms with Crippen LogP contribution in [-0.2, 0) is 4.74 Å². The van der Waals surface area contributed by atoms with E-state index in [1.807, 2.05) is 6.07 Å². The van der Waals surface area contributed by atoms with Crippen LogP contribution in [0, 0.1) is 0 Å². The molecule has 4 rings (SSSR count). The lowest BCUT2D eigenvalue weighted by atomic mass is 10.1. The molecular weight excluding hydrogens is 407 g/mol. The van der Waals surface area contributed by atoms with Crippen molar-refractivity contribution in [1.29, 1.82) is 0 Å². The van der Waals surface area contributed by atoms with Gasteiger partial charge in [0.2, 0.25) is 0 Å². The van der Waals surface area contributed by atoms with E-state index in [4.69, 9.17) is 28.3 Å². The smallest absolute Gasteiger partial charge is 0.338 e. The van der Waals surface area contributed by atoms with Crippen LogP contribution in [0.5, 0.6) is 0 Å². The monoisotopic (exact) mass is 422 g/mol. The highest BCUT2D eigenvalue weighted by Gasteiger charge is 2.11. The number of carboxylic acid groups (broad SMARTS) is 1. The van der Waals surface area contributed by atoms with E-state index in [9.17, 15) is 9.59 Å². The Morgan fingerprint density at radius 3 is 1.82 bits per heavy atom. The van der Waals surface area contributed by atoms with Crippen LogP contribution in [0.4, 0.5) is 0 Å². The first-order valence-corrected chi connectivity index (χ1v) is 8.52. The molecule has 0 bridgehead atoms. The number of esters is 1. The van der Waals surface area contributed by atoms with E-state index in [1.165, 1.54) is 7.11 Å². The highest BCUT2D eigenvalue weighted by atomic mass is 35.5. The van der Waals surface area contributed by atoms with Crippen LogP contribution in [0.3, 0.4) is 0 Å². The van der Waals surface area contributed by atoms with Crippen molar-refractivity contribution >= 4 is 56.9 Å². The number of methoxy groups -OCH3 is 1. The molecule has 5 N–H and O–H groups in total. The van der Waals surface area contributed by atoms with E-state index in [1.54, 1.807) is 42.5 Å². The zero-order valence-electron chi connectivity index (χ0n) is 14.5. The van der Waals surface area contributed by atoms with E-state index in [-0.39, 0.29) is 17.0 Å². The molecule has 0 aliphatic rings. The summed E-state index contributed by atoms with van der Waals surface area (Å²) in [5.41, 5.74) is 2.36. The molecule has 0 atom stereocenters. The van der Waals surface area contributed by atoms with Gasteiger partial charge in [0.1, 0.15) is 10.3 Å². The number of H-pyrrole nitrogens is 2. The highest BCUT2D eigenvalue weighted by molar-refractivity contribution is 6.31. The number of halogens is 2. The first-order chi connectivity index (χ1) is 12.9. The van der Waals surface area contributed by atoms with Crippen LogP contribution in [0.2, 0.25) is 10.3 Å². The van der Waals surface area contributed by atoms with Crippen LogP contribution < -0.4 is 0 Å². The molecule has 28 heavy (non-hydrogen) atoms. The summed E-state index contributed by atoms with van der Waals surface area (Å²) in [6.07, 6.45) is 0. The average Bonchev–Trinajstić information content (AvgIpc) is 3.21. The van der Waals surface area contributed by atoms with Crippen LogP contribution in [-0.4, -0.2) is 39.6 Å². The molecule has 0 amide bonds. The van der Waals surface area contributed by atoms with Gasteiger partial charge in [-0.05, 0) is 36.4 Å². The maximum atomic E-state index is 11.4. The van der Waals surface area contributed by atoms with Gasteiger partial charge in [-0.25, -0.2) is 9.59 Å². The van der Waals surface area contributed by atoms with Crippen molar-refractivity contribution < 1.29 is 24.9 Å². The van der Waals surface area contributed by atoms with Gasteiger partial charge in [0.15, 0.2) is 0 Å². The van der Waals surface area contributed by atoms with Gasteiger partial charge < -0.3 is 25.3 Å². The zero-order valence-corrected chi connectivity index (χ0v) is 16.1. The number of hydrogen-bond donors (Lipinski definition) is 3. The summed E-state index contributed by atoms with van der Waals surface area (Å²) in [7, 11) is 1.36. The van der Waals surface area contributed by atoms with Crippen LogP contribution in [0.25, 0.3) is 21.8 Å². The first kappa shape index (κ1) is 21.3. The number of ether oxygens (including phenoxy) is 1. The molecule has 2 heterocycles. The summed E-state index contributed by atoms with van der Waals surface area (Å²) in [5.74, 6) is -1.30. The summed E-state index contributed by atoms with van der Waals surface area (Å²) in [5, 5.41) is 11.2. The number of fused-ring (bicyclic) bond motifs is 2. The molecule has 0 spiro atoms. The minimum Gasteiger partial charge on any atom is -0.478 e. The number of benzene rings is 2. The number of carbonyl (C=O) groups excluding carboxylic acids is 1. The zero-order chi connectivity index (χ0) is 19.6. The maximum absolute atomic E-state index is 11.4. The highest BCUT2D eigenvalue weighted by Crippen LogP contribution is 2.23. The third kappa shape index (κ3) is 4.28. The van der Waals surface area contributed by atoms with E-state index >= 15 is 0 Å². The number of rotatable bonds is 2. The van der Waals surface area contributed by atoms with E-state index in [0.29, 0.717) is 21.3 Å². The Kier molecular flexibility index (Phi) is 6.69. The molecular formula is C19H16Cl2N2O5. The molecule has 0 aliphatic carbocycles. The Morgan fingerprint density at radius 1 is 0.893 bits per heavy atom. The van der Waals surface area contributed by atoms with Gasteiger partial charge in [-0.2, -0.15) is 0 Å². The predicted molar refractivity (Wildman–Crippen MR) is 109 cm³/mol. The van der Waals surface area contributed by atoms with Crippen molar-refractivity contribution in [3.05, 3.63) is 70.0 Å². The Balaban J connectivity index is 0.000000194. The third-order valence-corrected chi connectivity index (χ3v) is 4.31. The second-order valence-electron chi connectivity index (χ2n) is 5.56. The summed E-state index contributed by atoms with van der Waals surface area (Å²) in [6, 6.07) is 13.7. The molecule has 0 radical (unpaired) electrons. The molecule has 146 valence electrons. The number of aromatic nitrogens is 2. The predicted octanol–water partition coefficient (Wildman–Crippen LogP) is 4.30. The summed E-state index contributed by atoms with van der Waals surface area (Å²) in [4.78, 5) is 27.9. The van der Waals surface area contributed by atoms with Gasteiger partial charge in [-0.15, -0.1) is 0 Å². The molecule has 7 nitrogen and oxygen atoms in total. The quantitative estimate of drug-likeness (QED) is 0.416. The topological polar surface area (TPSA) is 127 Å². The van der Waals surface area contributed by atoms with Crippen LogP contribution in [0.1, 0.15) is 20.7 Å². The Morgan fingerprint density at radius 2 is 1.36 bits per heavy atom. The minimum atomic E-state index is -0.943. The normalized spacial score (nSPS) is 10.1. The second-order valence-corrected chi connectivity index (χ2v) is 6.38. The number of carbonyl (C=O) groups is 2. The summed E-state index contributed by atoms with van der Waals surface area (Å²) < 4.78 is 4.66. The van der Waals surface area contributed by atoms with Gasteiger partial charge >= 0.3 is 11.9 Å². The molecule has 2 aromatic heterocycles. The van der Waals surface area contributed by atoms with E-state index in [0.717, 1.165) is 16.4 Å². The lowest BCUT2D eigenvalue weighted by Crippen LogP contribution is -2.00. The molecule has 2 aromatic carbocycles. The average molecular weight is 423 g/mol. The van der Waals surface area contributed by atoms with Gasteiger partial charge in [-0.3, -0.25) is 0 Å². The second kappa shape index (κ2) is 8.79. The number of carboxylic acids is 1. The molecule has 0 aliphatic heterocycles. The molecule has 0 fully saturated rings. The van der Waals surface area contributed by atoms with Gasteiger partial charge in [0, 0.05) is 21.8 Å². The number of hydrogen-bond acceptors (Lipinski definition) is 3. The summed E-state index contributed by atoms with van der Waals surface area (Å²) in [6.45, 7) is 0. The van der Waals surface area contributed by atoms with E-state index in [2.05, 4.69) is 14.7 Å². The van der Waals surface area contributed by atoms with Gasteiger partial charge in [0.05, 0.1) is 18.2 Å². The minimum absolute atomic E-state index is 0. The van der Waals surface area contributed by atoms with Crippen LogP contribution in [0.15, 0.2) is 48.5 Å². The fourth-order valence-corrected chi connectivity index (χ4v) is 3.14. The Bertz CT molecular complexity index is 1150. The van der Waals surface area contributed by atoms with Crippen molar-refractivity contribution in [2.24, 2.45) is 0 Å². The fourth-order valence-electron chi connectivity index (χ4n) is 2.72. The molecule has 9 heteroatoms. The number of aromatic amines is 2. The Hall–Kier alpha value is -3.00. The summed E-state index contributed by atoms with van der Waals surface area (Å²) >= 11 is 11.5. The van der Waals surface area contributed by atoms with Crippen LogP contribution >= 0.6 is 23.2 Å².